The number of hydrogen-bond donors (Lipinski definition) is 1. The van der Waals surface area contributed by atoms with Gasteiger partial charge in [0, 0.05) is 18.0 Å². The summed E-state index contributed by atoms with van der Waals surface area (Å²) in [6.45, 7) is 2.86. The van der Waals surface area contributed by atoms with Crippen molar-refractivity contribution >= 4 is 17.2 Å². The minimum absolute atomic E-state index is 0.0412. The van der Waals surface area contributed by atoms with Gasteiger partial charge in [-0.25, -0.2) is 0 Å². The van der Waals surface area contributed by atoms with Crippen molar-refractivity contribution < 1.29 is 4.79 Å². The van der Waals surface area contributed by atoms with Crippen LogP contribution in [-0.2, 0) is 0 Å². The molecule has 0 radical (unpaired) electrons. The summed E-state index contributed by atoms with van der Waals surface area (Å²) in [5.74, 6) is -0.0412. The van der Waals surface area contributed by atoms with Crippen molar-refractivity contribution in [2.24, 2.45) is 0 Å². The molecule has 1 aromatic heterocycles. The first-order chi connectivity index (χ1) is 7.18. The van der Waals surface area contributed by atoms with Crippen molar-refractivity contribution in [2.75, 3.05) is 6.54 Å². The van der Waals surface area contributed by atoms with E-state index in [1.54, 1.807) is 5.38 Å². The number of piperidine rings is 1. The molecule has 0 aromatic carbocycles. The summed E-state index contributed by atoms with van der Waals surface area (Å²) in [5, 5.41) is 1.60. The number of nitrogens with one attached hydrogen (secondary N) is 1. The number of aromatic amines is 1. The largest absolute Gasteiger partial charge is 0.335 e. The fourth-order valence-electron chi connectivity index (χ4n) is 1.94. The third-order valence-corrected chi connectivity index (χ3v) is 3.48. The van der Waals surface area contributed by atoms with Gasteiger partial charge in [-0.15, -0.1) is 0 Å². The highest BCUT2D eigenvalue weighted by atomic mass is 32.1. The first kappa shape index (κ1) is 10.4. The Balaban J connectivity index is 2.16. The van der Waals surface area contributed by atoms with E-state index in [0.717, 1.165) is 30.7 Å². The summed E-state index contributed by atoms with van der Waals surface area (Å²) in [5.41, 5.74) is 0.429. The zero-order chi connectivity index (χ0) is 10.8. The number of carbonyl (C=O) groups excluding carboxylic acids is 1. The van der Waals surface area contributed by atoms with E-state index < -0.39 is 0 Å². The van der Waals surface area contributed by atoms with Crippen LogP contribution < -0.4 is 4.87 Å². The molecule has 1 N–H and O–H groups in total. The summed E-state index contributed by atoms with van der Waals surface area (Å²) in [6, 6.07) is 0.287. The molecule has 0 spiro atoms. The fraction of sp³-hybridized carbons (Fsp3) is 0.600. The maximum absolute atomic E-state index is 12.0. The van der Waals surface area contributed by atoms with Gasteiger partial charge in [0.15, 0.2) is 0 Å². The molecule has 1 aliphatic heterocycles. The second kappa shape index (κ2) is 4.18. The Morgan fingerprint density at radius 3 is 3.00 bits per heavy atom. The van der Waals surface area contributed by atoms with Gasteiger partial charge in [-0.3, -0.25) is 9.59 Å². The van der Waals surface area contributed by atoms with E-state index in [1.807, 2.05) is 4.90 Å². The average molecular weight is 226 g/mol. The molecule has 1 saturated heterocycles. The van der Waals surface area contributed by atoms with Crippen molar-refractivity contribution in [3.05, 3.63) is 20.7 Å². The van der Waals surface area contributed by atoms with Crippen LogP contribution in [0.3, 0.4) is 0 Å². The van der Waals surface area contributed by atoms with E-state index in [1.165, 1.54) is 6.42 Å². The van der Waals surface area contributed by atoms with Crippen LogP contribution in [0, 0.1) is 0 Å². The van der Waals surface area contributed by atoms with Gasteiger partial charge in [-0.05, 0) is 26.2 Å². The maximum atomic E-state index is 12.0. The molecule has 2 rings (SSSR count). The molecule has 1 atom stereocenters. The van der Waals surface area contributed by atoms with Crippen molar-refractivity contribution in [1.82, 2.24) is 9.88 Å². The predicted octanol–water partition coefficient (Wildman–Crippen LogP) is 1.45. The Morgan fingerprint density at radius 2 is 2.40 bits per heavy atom. The monoisotopic (exact) mass is 226 g/mol. The highest BCUT2D eigenvalue weighted by molar-refractivity contribution is 7.07. The zero-order valence-corrected chi connectivity index (χ0v) is 9.47. The van der Waals surface area contributed by atoms with E-state index in [2.05, 4.69) is 11.9 Å². The smallest absolute Gasteiger partial charge is 0.305 e. The second-order valence-corrected chi connectivity index (χ2v) is 4.75. The SMILES string of the molecule is C[C@H]1CCCCN1C(=O)c1csc(=O)[nH]1. The summed E-state index contributed by atoms with van der Waals surface area (Å²) >= 11 is 1.04. The van der Waals surface area contributed by atoms with Crippen LogP contribution in [-0.4, -0.2) is 28.4 Å². The number of thiazole rings is 1. The third kappa shape index (κ3) is 2.12. The minimum Gasteiger partial charge on any atom is -0.335 e. The molecule has 0 aliphatic carbocycles. The van der Waals surface area contributed by atoms with Gasteiger partial charge in [0.2, 0.25) is 0 Å². The van der Waals surface area contributed by atoms with Crippen LogP contribution in [0.4, 0.5) is 0 Å². The van der Waals surface area contributed by atoms with Crippen LogP contribution >= 0.6 is 11.3 Å². The summed E-state index contributed by atoms with van der Waals surface area (Å²) in [4.78, 5) is 27.2. The van der Waals surface area contributed by atoms with Crippen LogP contribution in [0.5, 0.6) is 0 Å². The van der Waals surface area contributed by atoms with E-state index in [4.69, 9.17) is 0 Å². The number of aromatic nitrogens is 1. The van der Waals surface area contributed by atoms with Gasteiger partial charge in [-0.2, -0.15) is 0 Å². The zero-order valence-electron chi connectivity index (χ0n) is 8.66. The van der Waals surface area contributed by atoms with Crippen LogP contribution in [0.15, 0.2) is 10.2 Å². The molecule has 1 aliphatic rings. The quantitative estimate of drug-likeness (QED) is 0.788. The molecule has 0 unspecified atom stereocenters. The topological polar surface area (TPSA) is 53.2 Å². The van der Waals surface area contributed by atoms with E-state index >= 15 is 0 Å². The highest BCUT2D eigenvalue weighted by Gasteiger charge is 2.24. The first-order valence-corrected chi connectivity index (χ1v) is 6.05. The van der Waals surface area contributed by atoms with Crippen molar-refractivity contribution in [1.29, 1.82) is 0 Å². The number of likely N-dealkylation sites (tertiary alicyclic amines) is 1. The molecular weight excluding hydrogens is 212 g/mol. The number of amides is 1. The van der Waals surface area contributed by atoms with Crippen LogP contribution in [0.1, 0.15) is 36.7 Å². The van der Waals surface area contributed by atoms with Crippen molar-refractivity contribution in [2.45, 2.75) is 32.2 Å². The average Bonchev–Trinajstić information content (AvgIpc) is 2.65. The van der Waals surface area contributed by atoms with Crippen molar-refractivity contribution in [3.63, 3.8) is 0 Å². The molecule has 0 saturated carbocycles. The van der Waals surface area contributed by atoms with E-state index in [-0.39, 0.29) is 16.8 Å². The summed E-state index contributed by atoms with van der Waals surface area (Å²) in [6.07, 6.45) is 3.30. The third-order valence-electron chi connectivity index (χ3n) is 2.81. The number of hydrogen-bond acceptors (Lipinski definition) is 3. The van der Waals surface area contributed by atoms with Gasteiger partial charge in [0.25, 0.3) is 5.91 Å². The molecular formula is C10H14N2O2S. The second-order valence-electron chi connectivity index (χ2n) is 3.91. The van der Waals surface area contributed by atoms with E-state index in [0.29, 0.717) is 5.69 Å². The van der Waals surface area contributed by atoms with Gasteiger partial charge < -0.3 is 9.88 Å². The maximum Gasteiger partial charge on any atom is 0.305 e. The first-order valence-electron chi connectivity index (χ1n) is 5.17. The Morgan fingerprint density at radius 1 is 1.60 bits per heavy atom. The summed E-state index contributed by atoms with van der Waals surface area (Å²) in [7, 11) is 0. The van der Waals surface area contributed by atoms with Gasteiger partial charge in [0.1, 0.15) is 5.69 Å². The summed E-state index contributed by atoms with van der Waals surface area (Å²) < 4.78 is 0. The lowest BCUT2D eigenvalue weighted by molar-refractivity contribution is 0.0630. The lowest BCUT2D eigenvalue weighted by Crippen LogP contribution is -2.42. The highest BCUT2D eigenvalue weighted by Crippen LogP contribution is 2.18. The molecule has 82 valence electrons. The number of nitrogens with zero attached hydrogens (tertiary/aromatic N) is 1. The normalized spacial score (nSPS) is 21.7. The molecule has 2 heterocycles. The molecule has 1 fully saturated rings. The lowest BCUT2D eigenvalue weighted by Gasteiger charge is -2.32. The minimum atomic E-state index is -0.164. The molecule has 0 bridgehead atoms. The Hall–Kier alpha value is -1.10. The van der Waals surface area contributed by atoms with E-state index in [9.17, 15) is 9.59 Å². The predicted molar refractivity (Wildman–Crippen MR) is 59.3 cm³/mol. The van der Waals surface area contributed by atoms with Crippen molar-refractivity contribution in [3.8, 4) is 0 Å². The Kier molecular flexibility index (Phi) is 2.90. The Bertz CT molecular complexity index is 410. The van der Waals surface area contributed by atoms with Gasteiger partial charge >= 0.3 is 4.87 Å². The lowest BCUT2D eigenvalue weighted by atomic mass is 10.0. The van der Waals surface area contributed by atoms with Gasteiger partial charge in [0.05, 0.1) is 0 Å². The molecule has 15 heavy (non-hydrogen) atoms. The van der Waals surface area contributed by atoms with Crippen LogP contribution in [0.2, 0.25) is 0 Å². The number of carbonyl (C=O) groups is 1. The number of H-pyrrole nitrogens is 1. The van der Waals surface area contributed by atoms with Gasteiger partial charge in [-0.1, -0.05) is 11.3 Å². The van der Waals surface area contributed by atoms with Crippen LogP contribution in [0.25, 0.3) is 0 Å². The Labute approximate surface area is 91.9 Å². The molecule has 1 aromatic rings. The fourth-order valence-corrected chi connectivity index (χ4v) is 2.49. The molecule has 1 amide bonds. The molecule has 5 heteroatoms. The number of rotatable bonds is 1. The molecule has 4 nitrogen and oxygen atoms in total. The standard InChI is InChI=1S/C10H14N2O2S/c1-7-4-2-3-5-12(7)9(13)8-6-15-10(14)11-8/h6-7H,2-5H2,1H3,(H,11,14)/t7-/m0/s1.